The number of hydrogen-bond donors (Lipinski definition) is 0. The first-order valence-corrected chi connectivity index (χ1v) is 33.3. The van der Waals surface area contributed by atoms with Crippen LogP contribution < -0.4 is 0 Å². The molecule has 0 aliphatic heterocycles. The van der Waals surface area contributed by atoms with Gasteiger partial charge >= 0.3 is 0 Å². The van der Waals surface area contributed by atoms with E-state index in [0.717, 1.165) is 50.2 Å². The van der Waals surface area contributed by atoms with E-state index < -0.39 is 0 Å². The second-order valence-corrected chi connectivity index (χ2v) is 28.3. The average Bonchev–Trinajstić information content (AvgIpc) is 1.55. The van der Waals surface area contributed by atoms with Crippen LogP contribution in [0.25, 0.3) is 144 Å². The molecule has 0 fully saturated rings. The summed E-state index contributed by atoms with van der Waals surface area (Å²) in [5.41, 5.74) is 35.8. The third-order valence-electron chi connectivity index (χ3n) is 22.3. The maximum atomic E-state index is 5.72. The van der Waals surface area contributed by atoms with Crippen molar-refractivity contribution in [1.29, 1.82) is 0 Å². The first-order valence-electron chi connectivity index (χ1n) is 33.3. The molecule has 4 aliphatic rings. The van der Waals surface area contributed by atoms with E-state index in [9.17, 15) is 0 Å². The maximum Gasteiger partial charge on any atom is 0.160 e. The Kier molecular flexibility index (Phi) is 10.8. The highest BCUT2D eigenvalue weighted by molar-refractivity contribution is 6.16. The van der Waals surface area contributed by atoms with Crippen LogP contribution in [0.4, 0.5) is 0 Å². The molecule has 94 heavy (non-hydrogen) atoms. The number of benzene rings is 13. The molecule has 444 valence electrons. The van der Waals surface area contributed by atoms with E-state index in [1.54, 1.807) is 0 Å². The molecule has 13 aromatic carbocycles. The molecule has 0 saturated heterocycles. The Balaban J connectivity index is 0.728. The van der Waals surface area contributed by atoms with Crippen LogP contribution in [0.5, 0.6) is 0 Å². The molecule has 0 spiro atoms. The van der Waals surface area contributed by atoms with Crippen molar-refractivity contribution in [2.45, 2.75) is 63.7 Å². The van der Waals surface area contributed by atoms with Crippen molar-refractivity contribution in [3.8, 4) is 89.7 Å². The lowest BCUT2D eigenvalue weighted by Crippen LogP contribution is -2.16. The fourth-order valence-corrected chi connectivity index (χ4v) is 18.2. The lowest BCUT2D eigenvalue weighted by Gasteiger charge is -2.25. The highest BCUT2D eigenvalue weighted by Crippen LogP contribution is 2.60. The van der Waals surface area contributed by atoms with E-state index in [2.05, 4.69) is 324 Å². The molecular formula is C90H64N4. The molecule has 4 nitrogen and oxygen atoms in total. The van der Waals surface area contributed by atoms with Crippen molar-refractivity contribution >= 4 is 54.5 Å². The van der Waals surface area contributed by atoms with Gasteiger partial charge in [-0.05, 0) is 185 Å². The standard InChI is InChI=1S/C90H64N4/c1-88(2)71-29-14-9-22-59(71)64-43-44-69-79(62-25-7-8-26-63(62)80(69)83(64)88)55-20-19-21-56(50-55)86-70-51-54(52-34-39-57(40-35-52)93-75-32-17-12-27-67(75)81-77(93)48-45-65-60-23-10-15-30-72(60)89(3,4)84(65)81)38-47-74(70)91-87(92-86)53-36-41-58(42-37-53)94-76-33-18-13-28-68(76)82-78(94)49-46-66-61-24-11-16-31-73(61)90(5,6)85(66)82/h7-51,79H,1-6H3. The first-order chi connectivity index (χ1) is 45.9. The number of hydrogen-bond acceptors (Lipinski definition) is 2. The minimum absolute atomic E-state index is 0.0340. The fourth-order valence-electron chi connectivity index (χ4n) is 18.2. The molecule has 3 aromatic heterocycles. The van der Waals surface area contributed by atoms with Crippen molar-refractivity contribution in [2.75, 3.05) is 0 Å². The summed E-state index contributed by atoms with van der Waals surface area (Å²) in [6.07, 6.45) is 0. The minimum Gasteiger partial charge on any atom is -0.309 e. The van der Waals surface area contributed by atoms with Gasteiger partial charge in [0.15, 0.2) is 5.82 Å². The minimum atomic E-state index is -0.155. The summed E-state index contributed by atoms with van der Waals surface area (Å²) >= 11 is 0. The second-order valence-electron chi connectivity index (χ2n) is 28.3. The van der Waals surface area contributed by atoms with Gasteiger partial charge in [-0.2, -0.15) is 0 Å². The highest BCUT2D eigenvalue weighted by Gasteiger charge is 2.44. The summed E-state index contributed by atoms with van der Waals surface area (Å²) in [6.45, 7) is 14.4. The van der Waals surface area contributed by atoms with Crippen LogP contribution in [0.1, 0.15) is 97.5 Å². The molecule has 3 heterocycles. The molecule has 0 bridgehead atoms. The zero-order chi connectivity index (χ0) is 62.7. The lowest BCUT2D eigenvalue weighted by molar-refractivity contribution is 0.661. The molecule has 4 heteroatoms. The smallest absolute Gasteiger partial charge is 0.160 e. The highest BCUT2D eigenvalue weighted by atomic mass is 15.0. The first kappa shape index (κ1) is 53.5. The van der Waals surface area contributed by atoms with Crippen molar-refractivity contribution in [2.24, 2.45) is 0 Å². The van der Waals surface area contributed by atoms with Crippen molar-refractivity contribution in [1.82, 2.24) is 19.1 Å². The van der Waals surface area contributed by atoms with Gasteiger partial charge in [0.25, 0.3) is 0 Å². The summed E-state index contributed by atoms with van der Waals surface area (Å²) in [5, 5.41) is 6.21. The molecule has 20 rings (SSSR count). The summed E-state index contributed by atoms with van der Waals surface area (Å²) in [5.74, 6) is 0.723. The van der Waals surface area contributed by atoms with Crippen molar-refractivity contribution in [3.05, 3.63) is 323 Å². The van der Waals surface area contributed by atoms with Gasteiger partial charge in [0.2, 0.25) is 0 Å². The third kappa shape index (κ3) is 7.12. The van der Waals surface area contributed by atoms with Gasteiger partial charge in [0.1, 0.15) is 0 Å². The van der Waals surface area contributed by atoms with Gasteiger partial charge in [-0.1, -0.05) is 236 Å². The van der Waals surface area contributed by atoms with Gasteiger partial charge in [-0.25, -0.2) is 9.97 Å². The maximum absolute atomic E-state index is 5.72. The third-order valence-corrected chi connectivity index (χ3v) is 22.3. The van der Waals surface area contributed by atoms with Crippen molar-refractivity contribution < 1.29 is 0 Å². The zero-order valence-corrected chi connectivity index (χ0v) is 53.3. The summed E-state index contributed by atoms with van der Waals surface area (Å²) in [6, 6.07) is 102. The molecule has 0 amide bonds. The molecular weight excluding hydrogens is 1140 g/mol. The summed E-state index contributed by atoms with van der Waals surface area (Å²) in [7, 11) is 0. The zero-order valence-electron chi connectivity index (χ0n) is 53.3. The Labute approximate surface area is 546 Å². The van der Waals surface area contributed by atoms with Gasteiger partial charge < -0.3 is 9.13 Å². The largest absolute Gasteiger partial charge is 0.309 e. The van der Waals surface area contributed by atoms with Crippen LogP contribution in [0.3, 0.4) is 0 Å². The lowest BCUT2D eigenvalue weighted by atomic mass is 9.78. The van der Waals surface area contributed by atoms with E-state index in [1.807, 2.05) is 0 Å². The van der Waals surface area contributed by atoms with Crippen LogP contribution in [-0.2, 0) is 16.2 Å². The number of nitrogens with zero attached hydrogens (tertiary/aromatic N) is 4. The van der Waals surface area contributed by atoms with Gasteiger partial charge in [-0.15, -0.1) is 0 Å². The number of para-hydroxylation sites is 2. The Morgan fingerprint density at radius 3 is 1.37 bits per heavy atom. The molecule has 0 radical (unpaired) electrons. The number of rotatable bonds is 6. The average molecular weight is 1200 g/mol. The Hall–Kier alpha value is -11.2. The summed E-state index contributed by atoms with van der Waals surface area (Å²) < 4.78 is 4.91. The van der Waals surface area contributed by atoms with E-state index in [-0.39, 0.29) is 22.2 Å². The normalized spacial score (nSPS) is 15.5. The van der Waals surface area contributed by atoms with Crippen LogP contribution in [0.2, 0.25) is 0 Å². The molecule has 0 N–H and O–H groups in total. The predicted octanol–water partition coefficient (Wildman–Crippen LogP) is 22.9. The van der Waals surface area contributed by atoms with Crippen molar-refractivity contribution in [3.63, 3.8) is 0 Å². The van der Waals surface area contributed by atoms with Crippen LogP contribution in [-0.4, -0.2) is 19.1 Å². The van der Waals surface area contributed by atoms with Gasteiger partial charge in [0, 0.05) is 71.6 Å². The molecule has 0 saturated carbocycles. The SMILES string of the molecule is CC1(C)c2ccccc2-c2ccc3c(c21)-c1ccccc1C3c1cccc(-c2nc(-c3ccc(-n4c5ccccc5c5c6c(ccc54)-c4ccccc4C6(C)C)cc3)nc3ccc(-c4ccc(-n5c6ccccc6c6c7c(ccc65)-c5ccccc5C7(C)C)cc4)cc23)c1. The predicted molar refractivity (Wildman–Crippen MR) is 390 cm³/mol. The number of aromatic nitrogens is 4. The quantitative estimate of drug-likeness (QED) is 0.166. The summed E-state index contributed by atoms with van der Waals surface area (Å²) in [4.78, 5) is 11.2. The molecule has 16 aromatic rings. The van der Waals surface area contributed by atoms with Gasteiger partial charge in [0.05, 0.1) is 33.3 Å². The van der Waals surface area contributed by atoms with E-state index in [1.165, 1.54) is 138 Å². The van der Waals surface area contributed by atoms with Gasteiger partial charge in [-0.3, -0.25) is 0 Å². The van der Waals surface area contributed by atoms with Crippen LogP contribution in [0, 0.1) is 0 Å². The topological polar surface area (TPSA) is 35.6 Å². The van der Waals surface area contributed by atoms with E-state index >= 15 is 0 Å². The number of fused-ring (bicyclic) bond motifs is 22. The molecule has 1 unspecified atom stereocenters. The second kappa shape index (κ2) is 19.0. The Morgan fingerprint density at radius 2 is 0.787 bits per heavy atom. The molecule has 4 aliphatic carbocycles. The Bertz CT molecular complexity index is 6000. The van der Waals surface area contributed by atoms with E-state index in [0.29, 0.717) is 5.82 Å². The van der Waals surface area contributed by atoms with Crippen LogP contribution >= 0.6 is 0 Å². The Morgan fingerprint density at radius 1 is 0.309 bits per heavy atom. The monoisotopic (exact) mass is 1200 g/mol. The van der Waals surface area contributed by atoms with Crippen LogP contribution in [0.15, 0.2) is 273 Å². The fraction of sp³-hybridized carbons (Fsp3) is 0.111. The molecule has 1 atom stereocenters. The van der Waals surface area contributed by atoms with E-state index in [4.69, 9.17) is 9.97 Å².